The lowest BCUT2D eigenvalue weighted by Gasteiger charge is -2.27. The van der Waals surface area contributed by atoms with Crippen LogP contribution in [0, 0.1) is 5.92 Å². The second kappa shape index (κ2) is 6.25. The van der Waals surface area contributed by atoms with Gasteiger partial charge in [0.15, 0.2) is 0 Å². The Bertz CT molecular complexity index is 461. The first-order valence-corrected chi connectivity index (χ1v) is 7.19. The number of carbonyl (C=O) groups excluding carboxylic acids is 2. The van der Waals surface area contributed by atoms with Crippen molar-refractivity contribution in [1.29, 1.82) is 0 Å². The smallest absolute Gasteiger partial charge is 0.334 e. The lowest BCUT2D eigenvalue weighted by Crippen LogP contribution is -2.22. The van der Waals surface area contributed by atoms with E-state index in [0.717, 1.165) is 32.1 Å². The van der Waals surface area contributed by atoms with Gasteiger partial charge in [0.25, 0.3) is 0 Å². The normalized spacial score (nSPS) is 25.5. The molecule has 0 aromatic rings. The van der Waals surface area contributed by atoms with E-state index in [4.69, 9.17) is 9.47 Å². The molecule has 0 unspecified atom stereocenters. The van der Waals surface area contributed by atoms with E-state index in [-0.39, 0.29) is 24.0 Å². The quantitative estimate of drug-likeness (QED) is 0.336. The van der Waals surface area contributed by atoms with Gasteiger partial charge >= 0.3 is 11.9 Å². The minimum atomic E-state index is -0.232. The van der Waals surface area contributed by atoms with E-state index >= 15 is 0 Å². The number of fused-ring (bicyclic) bond motifs is 1. The van der Waals surface area contributed by atoms with Crippen molar-refractivity contribution in [3.8, 4) is 0 Å². The molecule has 20 heavy (non-hydrogen) atoms. The number of allylic oxidation sites excluding steroid dienone is 1. The van der Waals surface area contributed by atoms with Crippen LogP contribution in [0.4, 0.5) is 0 Å². The van der Waals surface area contributed by atoms with E-state index in [1.54, 1.807) is 0 Å². The summed E-state index contributed by atoms with van der Waals surface area (Å²) in [6.45, 7) is 7.89. The molecule has 2 aliphatic rings. The summed E-state index contributed by atoms with van der Waals surface area (Å²) in [5, 5.41) is 0. The number of ether oxygens (including phenoxy) is 2. The van der Waals surface area contributed by atoms with Crippen molar-refractivity contribution in [2.24, 2.45) is 5.92 Å². The number of unbranched alkanes of at least 4 members (excludes halogenated alkanes) is 1. The van der Waals surface area contributed by atoms with Gasteiger partial charge in [-0.15, -0.1) is 0 Å². The molecule has 0 aromatic heterocycles. The third-order valence-corrected chi connectivity index (χ3v) is 4.17. The summed E-state index contributed by atoms with van der Waals surface area (Å²) < 4.78 is 10.3. The maximum Gasteiger partial charge on any atom is 0.334 e. The number of hydrogen-bond acceptors (Lipinski definition) is 4. The molecule has 0 spiro atoms. The Morgan fingerprint density at radius 2 is 2.15 bits per heavy atom. The number of carbonyl (C=O) groups is 2. The summed E-state index contributed by atoms with van der Waals surface area (Å²) >= 11 is 0. The van der Waals surface area contributed by atoms with Crippen molar-refractivity contribution in [2.75, 3.05) is 6.61 Å². The van der Waals surface area contributed by atoms with Crippen LogP contribution < -0.4 is 0 Å². The summed E-state index contributed by atoms with van der Waals surface area (Å²) in [7, 11) is 0. The zero-order valence-corrected chi connectivity index (χ0v) is 12.2. The fourth-order valence-electron chi connectivity index (χ4n) is 2.97. The maximum atomic E-state index is 11.5. The molecule has 2 rings (SSSR count). The van der Waals surface area contributed by atoms with Crippen molar-refractivity contribution < 1.29 is 19.1 Å². The summed E-state index contributed by atoms with van der Waals surface area (Å²) in [6.07, 6.45) is 4.58. The Hall–Kier alpha value is -1.58. The van der Waals surface area contributed by atoms with Gasteiger partial charge in [-0.3, -0.25) is 4.79 Å². The molecule has 0 amide bonds. The van der Waals surface area contributed by atoms with Gasteiger partial charge < -0.3 is 9.47 Å². The average molecular weight is 278 g/mol. The molecule has 0 N–H and O–H groups in total. The highest BCUT2D eigenvalue weighted by Crippen LogP contribution is 2.41. The van der Waals surface area contributed by atoms with Crippen molar-refractivity contribution in [2.45, 2.75) is 52.1 Å². The first-order chi connectivity index (χ1) is 9.49. The number of hydrogen-bond donors (Lipinski definition) is 0. The van der Waals surface area contributed by atoms with Crippen LogP contribution in [0.25, 0.3) is 0 Å². The zero-order chi connectivity index (χ0) is 14.7. The molecule has 1 heterocycles. The van der Waals surface area contributed by atoms with Crippen molar-refractivity contribution >= 4 is 11.9 Å². The topological polar surface area (TPSA) is 52.6 Å². The predicted molar refractivity (Wildman–Crippen MR) is 74.9 cm³/mol. The summed E-state index contributed by atoms with van der Waals surface area (Å²) in [6, 6.07) is 0. The lowest BCUT2D eigenvalue weighted by atomic mass is 9.79. The van der Waals surface area contributed by atoms with Gasteiger partial charge in [0.2, 0.25) is 0 Å². The van der Waals surface area contributed by atoms with Crippen LogP contribution >= 0.6 is 0 Å². The van der Waals surface area contributed by atoms with Crippen molar-refractivity contribution in [1.82, 2.24) is 0 Å². The molecule has 4 heteroatoms. The molecule has 0 radical (unpaired) electrons. The highest BCUT2D eigenvalue weighted by atomic mass is 16.6. The van der Waals surface area contributed by atoms with Crippen molar-refractivity contribution in [3.05, 3.63) is 23.3 Å². The standard InChI is InChI=1S/C16H22O4/c1-10-8-15-14(11(2)16(18)20-15)9-13(10)6-4-5-7-19-12(3)17/h14-15H,2,4-9H2,1,3H3/t14-,15-/m1/s1. The molecule has 1 aliphatic carbocycles. The van der Waals surface area contributed by atoms with Crippen LogP contribution in [0.5, 0.6) is 0 Å². The SMILES string of the molecule is C=C1C(=O)O[C@@H]2CC(C)=C(CCCCOC(C)=O)C[C@H]12. The predicted octanol–water partition coefficient (Wildman–Crippen LogP) is 2.93. The van der Waals surface area contributed by atoms with E-state index < -0.39 is 0 Å². The van der Waals surface area contributed by atoms with E-state index in [9.17, 15) is 9.59 Å². The van der Waals surface area contributed by atoms with Gasteiger partial charge in [0, 0.05) is 24.8 Å². The molecule has 0 aromatic carbocycles. The first-order valence-electron chi connectivity index (χ1n) is 7.19. The molecule has 1 aliphatic heterocycles. The fraction of sp³-hybridized carbons (Fsp3) is 0.625. The molecule has 1 saturated heterocycles. The Labute approximate surface area is 119 Å². The Kier molecular flexibility index (Phi) is 4.63. The van der Waals surface area contributed by atoms with Crippen LogP contribution in [-0.2, 0) is 19.1 Å². The summed E-state index contributed by atoms with van der Waals surface area (Å²) in [5.41, 5.74) is 3.37. The third-order valence-electron chi connectivity index (χ3n) is 4.17. The van der Waals surface area contributed by atoms with Crippen LogP contribution in [0.3, 0.4) is 0 Å². The molecule has 0 bridgehead atoms. The van der Waals surface area contributed by atoms with Gasteiger partial charge in [-0.1, -0.05) is 17.7 Å². The van der Waals surface area contributed by atoms with Crippen LogP contribution in [0.1, 0.15) is 46.0 Å². The first kappa shape index (κ1) is 14.8. The van der Waals surface area contributed by atoms with Crippen LogP contribution in [-0.4, -0.2) is 24.6 Å². The number of rotatable bonds is 5. The maximum absolute atomic E-state index is 11.5. The lowest BCUT2D eigenvalue weighted by molar-refractivity contribution is -0.141. The second-order valence-corrected chi connectivity index (χ2v) is 5.66. The minimum absolute atomic E-state index is 0.000189. The van der Waals surface area contributed by atoms with Crippen LogP contribution in [0.15, 0.2) is 23.3 Å². The molecule has 1 fully saturated rings. The third kappa shape index (κ3) is 3.30. The molecule has 0 saturated carbocycles. The van der Waals surface area contributed by atoms with Gasteiger partial charge in [-0.2, -0.15) is 0 Å². The zero-order valence-electron chi connectivity index (χ0n) is 12.2. The molecule has 110 valence electrons. The Morgan fingerprint density at radius 3 is 2.85 bits per heavy atom. The molecule has 4 nitrogen and oxygen atoms in total. The highest BCUT2D eigenvalue weighted by Gasteiger charge is 2.41. The monoisotopic (exact) mass is 278 g/mol. The fourth-order valence-corrected chi connectivity index (χ4v) is 2.97. The average Bonchev–Trinajstić information content (AvgIpc) is 2.64. The number of esters is 2. The van der Waals surface area contributed by atoms with E-state index in [2.05, 4.69) is 13.5 Å². The van der Waals surface area contributed by atoms with Crippen molar-refractivity contribution in [3.63, 3.8) is 0 Å². The summed E-state index contributed by atoms with van der Waals surface area (Å²) in [5.74, 6) is -0.294. The van der Waals surface area contributed by atoms with Gasteiger partial charge in [-0.05, 0) is 32.6 Å². The molecular formula is C16H22O4. The minimum Gasteiger partial charge on any atom is -0.466 e. The summed E-state index contributed by atoms with van der Waals surface area (Å²) in [4.78, 5) is 22.2. The van der Waals surface area contributed by atoms with E-state index in [1.807, 2.05) is 0 Å². The highest BCUT2D eigenvalue weighted by molar-refractivity contribution is 5.91. The van der Waals surface area contributed by atoms with E-state index in [0.29, 0.717) is 12.2 Å². The van der Waals surface area contributed by atoms with Gasteiger partial charge in [0.1, 0.15) is 6.10 Å². The molecular weight excluding hydrogens is 256 g/mol. The van der Waals surface area contributed by atoms with Gasteiger partial charge in [0.05, 0.1) is 6.61 Å². The molecule has 2 atom stereocenters. The van der Waals surface area contributed by atoms with Crippen LogP contribution in [0.2, 0.25) is 0 Å². The largest absolute Gasteiger partial charge is 0.466 e. The van der Waals surface area contributed by atoms with Gasteiger partial charge in [-0.25, -0.2) is 4.79 Å². The second-order valence-electron chi connectivity index (χ2n) is 5.66. The van der Waals surface area contributed by atoms with E-state index in [1.165, 1.54) is 18.1 Å². The Morgan fingerprint density at radius 1 is 1.40 bits per heavy atom. The Balaban J connectivity index is 1.83.